The summed E-state index contributed by atoms with van der Waals surface area (Å²) in [6.45, 7) is 3.08. The molecule has 2 saturated heterocycles. The van der Waals surface area contributed by atoms with E-state index in [4.69, 9.17) is 0 Å². The maximum Gasteiger partial charge on any atom is 0.260 e. The second-order valence-corrected chi connectivity index (χ2v) is 7.50. The molecule has 3 rings (SSSR count). The molecular formula is C9H13BrN4O2S. The molecule has 1 N–H and O–H groups in total. The molecule has 1 spiro atoms. The highest BCUT2D eigenvalue weighted by Crippen LogP contribution is 2.37. The van der Waals surface area contributed by atoms with Crippen LogP contribution in [0.15, 0.2) is 15.7 Å². The minimum Gasteiger partial charge on any atom is -0.315 e. The normalized spacial score (nSPS) is 23.4. The summed E-state index contributed by atoms with van der Waals surface area (Å²) in [4.78, 5) is 0. The van der Waals surface area contributed by atoms with Gasteiger partial charge in [-0.2, -0.15) is 9.40 Å². The van der Waals surface area contributed by atoms with Gasteiger partial charge in [-0.1, -0.05) is 0 Å². The number of halogens is 1. The van der Waals surface area contributed by atoms with Gasteiger partial charge in [0.15, 0.2) is 5.03 Å². The lowest BCUT2D eigenvalue weighted by atomic mass is 9.76. The predicted octanol–water partition coefficient (Wildman–Crippen LogP) is -0.224. The van der Waals surface area contributed by atoms with Gasteiger partial charge in [0.2, 0.25) is 0 Å². The molecule has 1 aromatic rings. The molecule has 0 radical (unpaired) electrons. The van der Waals surface area contributed by atoms with Crippen LogP contribution in [0.2, 0.25) is 0 Å². The Bertz CT molecular complexity index is 556. The molecule has 0 amide bonds. The van der Waals surface area contributed by atoms with Gasteiger partial charge in [-0.25, -0.2) is 8.42 Å². The third-order valence-electron chi connectivity index (χ3n) is 3.43. The Balaban J connectivity index is 1.85. The van der Waals surface area contributed by atoms with Crippen molar-refractivity contribution in [3.8, 4) is 0 Å². The van der Waals surface area contributed by atoms with E-state index < -0.39 is 10.0 Å². The molecule has 2 aliphatic rings. The van der Waals surface area contributed by atoms with Crippen molar-refractivity contribution < 1.29 is 8.42 Å². The summed E-state index contributed by atoms with van der Waals surface area (Å²) in [7, 11) is -1.75. The quantitative estimate of drug-likeness (QED) is 0.818. The van der Waals surface area contributed by atoms with Gasteiger partial charge in [0, 0.05) is 44.7 Å². The Labute approximate surface area is 108 Å². The van der Waals surface area contributed by atoms with Crippen LogP contribution in [0.5, 0.6) is 0 Å². The average Bonchev–Trinajstić information content (AvgIpc) is 2.40. The van der Waals surface area contributed by atoms with E-state index in [2.05, 4.69) is 26.3 Å². The van der Waals surface area contributed by atoms with Crippen LogP contribution in [0.4, 0.5) is 0 Å². The zero-order valence-corrected chi connectivity index (χ0v) is 11.8. The first-order valence-corrected chi connectivity index (χ1v) is 7.57. The van der Waals surface area contributed by atoms with E-state index in [1.165, 1.54) is 8.99 Å². The van der Waals surface area contributed by atoms with Gasteiger partial charge in [-0.05, 0) is 15.9 Å². The maximum absolute atomic E-state index is 12.3. The molecule has 1 aromatic heterocycles. The van der Waals surface area contributed by atoms with Crippen LogP contribution >= 0.6 is 15.9 Å². The Morgan fingerprint density at radius 2 is 2.12 bits per heavy atom. The molecule has 0 aliphatic carbocycles. The summed E-state index contributed by atoms with van der Waals surface area (Å²) < 4.78 is 28.1. The summed E-state index contributed by atoms with van der Waals surface area (Å²) in [5.74, 6) is 0. The van der Waals surface area contributed by atoms with Crippen molar-refractivity contribution in [1.29, 1.82) is 0 Å². The highest BCUT2D eigenvalue weighted by Gasteiger charge is 2.52. The van der Waals surface area contributed by atoms with Crippen LogP contribution < -0.4 is 5.32 Å². The van der Waals surface area contributed by atoms with E-state index >= 15 is 0 Å². The number of nitrogens with one attached hydrogen (secondary N) is 1. The summed E-state index contributed by atoms with van der Waals surface area (Å²) in [6.07, 6.45) is 0. The maximum atomic E-state index is 12.3. The van der Waals surface area contributed by atoms with Gasteiger partial charge >= 0.3 is 0 Å². The molecule has 0 aromatic carbocycles. The summed E-state index contributed by atoms with van der Waals surface area (Å²) in [6, 6.07) is 1.54. The molecule has 6 nitrogen and oxygen atoms in total. The first-order valence-electron chi connectivity index (χ1n) is 5.33. The molecule has 2 aliphatic heterocycles. The van der Waals surface area contributed by atoms with Crippen molar-refractivity contribution in [1.82, 2.24) is 19.4 Å². The smallest absolute Gasteiger partial charge is 0.260 e. The van der Waals surface area contributed by atoms with E-state index in [1.807, 2.05) is 0 Å². The lowest BCUT2D eigenvalue weighted by molar-refractivity contribution is 0.0161. The van der Waals surface area contributed by atoms with Crippen molar-refractivity contribution in [2.75, 3.05) is 26.2 Å². The van der Waals surface area contributed by atoms with E-state index in [1.54, 1.807) is 13.1 Å². The number of aryl methyl sites for hydroxylation is 1. The minimum atomic E-state index is -3.38. The first kappa shape index (κ1) is 11.6. The number of hydrogen-bond donors (Lipinski definition) is 1. The van der Waals surface area contributed by atoms with E-state index in [0.717, 1.165) is 13.1 Å². The molecule has 8 heteroatoms. The zero-order valence-electron chi connectivity index (χ0n) is 9.35. The predicted molar refractivity (Wildman–Crippen MR) is 65.0 cm³/mol. The Kier molecular flexibility index (Phi) is 2.42. The fourth-order valence-corrected chi connectivity index (χ4v) is 4.76. The second-order valence-electron chi connectivity index (χ2n) is 4.81. The van der Waals surface area contributed by atoms with Crippen LogP contribution in [0.3, 0.4) is 0 Å². The molecule has 0 unspecified atom stereocenters. The van der Waals surface area contributed by atoms with Crippen LogP contribution in [-0.4, -0.2) is 48.7 Å². The monoisotopic (exact) mass is 320 g/mol. The Morgan fingerprint density at radius 3 is 2.53 bits per heavy atom. The molecule has 0 saturated carbocycles. The largest absolute Gasteiger partial charge is 0.315 e. The molecule has 0 atom stereocenters. The number of hydrogen-bond acceptors (Lipinski definition) is 4. The molecule has 17 heavy (non-hydrogen) atoms. The van der Waals surface area contributed by atoms with E-state index in [0.29, 0.717) is 17.7 Å². The summed E-state index contributed by atoms with van der Waals surface area (Å²) in [5, 5.41) is 7.43. The lowest BCUT2D eigenvalue weighted by Gasteiger charge is -2.54. The van der Waals surface area contributed by atoms with Crippen molar-refractivity contribution in [3.63, 3.8) is 0 Å². The van der Waals surface area contributed by atoms with Gasteiger partial charge in [0.1, 0.15) is 4.60 Å². The zero-order chi connectivity index (χ0) is 12.3. The SMILES string of the molecule is Cn1nc(Br)cc1S(=O)(=O)N1CC2(CNC2)C1. The van der Waals surface area contributed by atoms with Gasteiger partial charge in [0.05, 0.1) is 0 Å². The Hall–Kier alpha value is -0.440. The lowest BCUT2D eigenvalue weighted by Crippen LogP contribution is -2.71. The Morgan fingerprint density at radius 1 is 1.47 bits per heavy atom. The molecule has 2 fully saturated rings. The fraction of sp³-hybridized carbons (Fsp3) is 0.667. The third-order valence-corrected chi connectivity index (χ3v) is 5.67. The average molecular weight is 321 g/mol. The van der Waals surface area contributed by atoms with Crippen molar-refractivity contribution in [2.45, 2.75) is 5.03 Å². The van der Waals surface area contributed by atoms with Crippen molar-refractivity contribution in [2.24, 2.45) is 12.5 Å². The first-order chi connectivity index (χ1) is 7.93. The molecule has 3 heterocycles. The standard InChI is InChI=1S/C9H13BrN4O2S/c1-13-8(2-7(10)12-13)17(15,16)14-5-9(6-14)3-11-4-9/h2,11H,3-6H2,1H3. The molecular weight excluding hydrogens is 308 g/mol. The highest BCUT2D eigenvalue weighted by molar-refractivity contribution is 9.10. The van der Waals surface area contributed by atoms with Gasteiger partial charge in [-0.3, -0.25) is 4.68 Å². The fourth-order valence-electron chi connectivity index (χ4n) is 2.36. The van der Waals surface area contributed by atoms with Crippen LogP contribution in [0.1, 0.15) is 0 Å². The van der Waals surface area contributed by atoms with Gasteiger partial charge < -0.3 is 5.32 Å². The summed E-state index contributed by atoms with van der Waals surface area (Å²) in [5.41, 5.74) is 0.197. The van der Waals surface area contributed by atoms with Crippen LogP contribution in [-0.2, 0) is 17.1 Å². The van der Waals surface area contributed by atoms with Crippen molar-refractivity contribution >= 4 is 26.0 Å². The topological polar surface area (TPSA) is 67.2 Å². The molecule has 94 valence electrons. The van der Waals surface area contributed by atoms with Gasteiger partial charge in [-0.15, -0.1) is 0 Å². The second kappa shape index (κ2) is 3.53. The number of aromatic nitrogens is 2. The number of rotatable bonds is 2. The third kappa shape index (κ3) is 1.66. The minimum absolute atomic E-state index is 0.197. The van der Waals surface area contributed by atoms with E-state index in [9.17, 15) is 8.42 Å². The van der Waals surface area contributed by atoms with Crippen molar-refractivity contribution in [3.05, 3.63) is 10.7 Å². The summed E-state index contributed by atoms with van der Waals surface area (Å²) >= 11 is 3.19. The number of nitrogens with zero attached hydrogens (tertiary/aromatic N) is 3. The number of sulfonamides is 1. The highest BCUT2D eigenvalue weighted by atomic mass is 79.9. The molecule has 0 bridgehead atoms. The van der Waals surface area contributed by atoms with E-state index in [-0.39, 0.29) is 10.4 Å². The van der Waals surface area contributed by atoms with Crippen LogP contribution in [0, 0.1) is 5.41 Å². The van der Waals surface area contributed by atoms with Crippen LogP contribution in [0.25, 0.3) is 0 Å². The van der Waals surface area contributed by atoms with Gasteiger partial charge in [0.25, 0.3) is 10.0 Å².